The molecule has 0 bridgehead atoms. The molecule has 0 fully saturated rings. The number of fused-ring (bicyclic) bond motifs is 1. The second-order valence-electron chi connectivity index (χ2n) is 6.17. The van der Waals surface area contributed by atoms with Crippen LogP contribution in [-0.4, -0.2) is 19.4 Å². The van der Waals surface area contributed by atoms with Crippen molar-refractivity contribution in [3.63, 3.8) is 0 Å². The Labute approximate surface area is 162 Å². The van der Waals surface area contributed by atoms with Gasteiger partial charge in [0, 0.05) is 29.8 Å². The highest BCUT2D eigenvalue weighted by atomic mass is 16.6. The molecule has 0 spiro atoms. The van der Waals surface area contributed by atoms with Gasteiger partial charge in [0.1, 0.15) is 5.82 Å². The van der Waals surface area contributed by atoms with E-state index in [1.807, 2.05) is 0 Å². The zero-order valence-corrected chi connectivity index (χ0v) is 14.8. The largest absolute Gasteiger partial charge is 0.270 e. The fraction of sp³-hybridized carbons (Fsp3) is 0. The molecule has 0 unspecified atom stereocenters. The van der Waals surface area contributed by atoms with Crippen LogP contribution in [0.2, 0.25) is 0 Å². The number of non-ortho nitro benzene ring substituents is 2. The second-order valence-corrected chi connectivity index (χ2v) is 6.17. The topological polar surface area (TPSA) is 121 Å². The van der Waals surface area contributed by atoms with Crippen LogP contribution in [0.3, 0.4) is 0 Å². The summed E-state index contributed by atoms with van der Waals surface area (Å²) < 4.78 is 1.30. The van der Waals surface area contributed by atoms with Gasteiger partial charge in [0.2, 0.25) is 0 Å². The maximum Gasteiger partial charge on any atom is 0.270 e. The summed E-state index contributed by atoms with van der Waals surface area (Å²) in [6.07, 6.45) is 0. The molecule has 3 aromatic carbocycles. The van der Waals surface area contributed by atoms with Crippen LogP contribution in [0.4, 0.5) is 11.4 Å². The zero-order valence-electron chi connectivity index (χ0n) is 14.8. The van der Waals surface area contributed by atoms with Gasteiger partial charge in [-0.1, -0.05) is 24.3 Å². The third kappa shape index (κ3) is 3.21. The Morgan fingerprint density at radius 1 is 0.793 bits per heavy atom. The van der Waals surface area contributed by atoms with Gasteiger partial charge in [0.15, 0.2) is 0 Å². The van der Waals surface area contributed by atoms with Crippen molar-refractivity contribution in [2.75, 3.05) is 0 Å². The number of rotatable bonds is 4. The predicted octanol–water partition coefficient (Wildman–Crippen LogP) is 3.87. The summed E-state index contributed by atoms with van der Waals surface area (Å²) in [6, 6.07) is 18.0. The standard InChI is InChI=1S/C20H12N4O5/c25-20-17-6-1-2-7-18(17)21-19(13-4-3-5-16(12-13)24(28)29)22(20)14-8-10-15(11-9-14)23(26)27/h1-12H. The number of benzene rings is 3. The Morgan fingerprint density at radius 2 is 1.48 bits per heavy atom. The number of hydrogen-bond donors (Lipinski definition) is 0. The molecule has 0 aliphatic heterocycles. The third-order valence-electron chi connectivity index (χ3n) is 4.41. The smallest absolute Gasteiger partial charge is 0.268 e. The molecule has 0 saturated heterocycles. The third-order valence-corrected chi connectivity index (χ3v) is 4.41. The van der Waals surface area contributed by atoms with Crippen LogP contribution < -0.4 is 5.56 Å². The van der Waals surface area contributed by atoms with Crippen LogP contribution in [0.15, 0.2) is 77.6 Å². The van der Waals surface area contributed by atoms with E-state index in [9.17, 15) is 25.0 Å². The highest BCUT2D eigenvalue weighted by molar-refractivity contribution is 5.80. The van der Waals surface area contributed by atoms with Gasteiger partial charge < -0.3 is 0 Å². The summed E-state index contributed by atoms with van der Waals surface area (Å²) in [5.74, 6) is 0.200. The normalized spacial score (nSPS) is 10.8. The van der Waals surface area contributed by atoms with Crippen LogP contribution in [0.25, 0.3) is 28.0 Å². The second kappa shape index (κ2) is 6.97. The fourth-order valence-electron chi connectivity index (χ4n) is 3.05. The lowest BCUT2D eigenvalue weighted by Gasteiger charge is -2.13. The molecule has 0 amide bonds. The molecule has 9 heteroatoms. The molecule has 1 heterocycles. The molecule has 0 aliphatic rings. The van der Waals surface area contributed by atoms with Crippen molar-refractivity contribution in [3.8, 4) is 17.1 Å². The van der Waals surface area contributed by atoms with Crippen molar-refractivity contribution in [3.05, 3.63) is 103 Å². The van der Waals surface area contributed by atoms with Crippen molar-refractivity contribution in [2.45, 2.75) is 0 Å². The average molecular weight is 388 g/mol. The maximum absolute atomic E-state index is 13.2. The monoisotopic (exact) mass is 388 g/mol. The molecule has 0 saturated carbocycles. The van der Waals surface area contributed by atoms with Gasteiger partial charge in [-0.15, -0.1) is 0 Å². The Hall–Kier alpha value is -4.40. The molecule has 4 aromatic rings. The lowest BCUT2D eigenvalue weighted by atomic mass is 10.1. The van der Waals surface area contributed by atoms with Crippen molar-refractivity contribution < 1.29 is 9.85 Å². The lowest BCUT2D eigenvalue weighted by Crippen LogP contribution is -2.22. The Balaban J connectivity index is 2.04. The summed E-state index contributed by atoms with van der Waals surface area (Å²) in [7, 11) is 0. The van der Waals surface area contributed by atoms with Gasteiger partial charge in [-0.2, -0.15) is 0 Å². The first-order valence-electron chi connectivity index (χ1n) is 8.47. The molecular formula is C20H12N4O5. The zero-order chi connectivity index (χ0) is 20.5. The number of nitrogens with zero attached hydrogens (tertiary/aromatic N) is 4. The van der Waals surface area contributed by atoms with Gasteiger partial charge in [-0.25, -0.2) is 4.98 Å². The van der Waals surface area contributed by atoms with E-state index in [-0.39, 0.29) is 22.8 Å². The highest BCUT2D eigenvalue weighted by Gasteiger charge is 2.17. The first-order chi connectivity index (χ1) is 14.0. The minimum Gasteiger partial charge on any atom is -0.268 e. The van der Waals surface area contributed by atoms with Crippen LogP contribution in [0.1, 0.15) is 0 Å². The molecule has 0 N–H and O–H groups in total. The molecule has 0 radical (unpaired) electrons. The molecule has 29 heavy (non-hydrogen) atoms. The van der Waals surface area contributed by atoms with Crippen molar-refractivity contribution in [1.29, 1.82) is 0 Å². The van der Waals surface area contributed by atoms with E-state index in [4.69, 9.17) is 0 Å². The van der Waals surface area contributed by atoms with E-state index in [1.165, 1.54) is 47.0 Å². The highest BCUT2D eigenvalue weighted by Crippen LogP contribution is 2.26. The molecule has 0 atom stereocenters. The minimum absolute atomic E-state index is 0.118. The van der Waals surface area contributed by atoms with Gasteiger partial charge in [-0.05, 0) is 24.3 Å². The molecule has 142 valence electrons. The molecule has 9 nitrogen and oxygen atoms in total. The number of para-hydroxylation sites is 1. The van der Waals surface area contributed by atoms with E-state index in [2.05, 4.69) is 4.98 Å². The van der Waals surface area contributed by atoms with Gasteiger partial charge in [-0.3, -0.25) is 29.6 Å². The summed E-state index contributed by atoms with van der Waals surface area (Å²) >= 11 is 0. The number of aromatic nitrogens is 2. The van der Waals surface area contributed by atoms with Crippen molar-refractivity contribution >= 4 is 22.3 Å². The van der Waals surface area contributed by atoms with Gasteiger partial charge in [0.05, 0.1) is 26.4 Å². The van der Waals surface area contributed by atoms with Gasteiger partial charge >= 0.3 is 0 Å². The molecule has 4 rings (SSSR count). The van der Waals surface area contributed by atoms with Crippen LogP contribution in [0, 0.1) is 20.2 Å². The molecule has 0 aliphatic carbocycles. The number of nitro groups is 2. The minimum atomic E-state index is -0.535. The number of nitro benzene ring substituents is 2. The van der Waals surface area contributed by atoms with E-state index in [0.29, 0.717) is 22.2 Å². The van der Waals surface area contributed by atoms with Crippen molar-refractivity contribution in [2.24, 2.45) is 0 Å². The van der Waals surface area contributed by atoms with E-state index in [1.54, 1.807) is 30.3 Å². The Morgan fingerprint density at radius 3 is 2.17 bits per heavy atom. The summed E-state index contributed by atoms with van der Waals surface area (Å²) in [5, 5.41) is 22.5. The van der Waals surface area contributed by atoms with E-state index < -0.39 is 9.85 Å². The first-order valence-corrected chi connectivity index (χ1v) is 8.47. The first kappa shape index (κ1) is 18.0. The maximum atomic E-state index is 13.2. The summed E-state index contributed by atoms with van der Waals surface area (Å²) in [4.78, 5) is 38.8. The van der Waals surface area contributed by atoms with E-state index >= 15 is 0 Å². The predicted molar refractivity (Wildman–Crippen MR) is 106 cm³/mol. The lowest BCUT2D eigenvalue weighted by molar-refractivity contribution is -0.385. The molecule has 1 aromatic heterocycles. The SMILES string of the molecule is O=c1c2ccccc2nc(-c2cccc([N+](=O)[O-])c2)n1-c1ccc([N+](=O)[O-])cc1. The van der Waals surface area contributed by atoms with E-state index in [0.717, 1.165) is 0 Å². The van der Waals surface area contributed by atoms with Crippen LogP contribution in [-0.2, 0) is 0 Å². The van der Waals surface area contributed by atoms with Crippen LogP contribution in [0.5, 0.6) is 0 Å². The molecular weight excluding hydrogens is 376 g/mol. The van der Waals surface area contributed by atoms with Crippen LogP contribution >= 0.6 is 0 Å². The van der Waals surface area contributed by atoms with Crippen molar-refractivity contribution in [1.82, 2.24) is 9.55 Å². The average Bonchev–Trinajstić information content (AvgIpc) is 2.74. The Bertz CT molecular complexity index is 1330. The summed E-state index contributed by atoms with van der Waals surface area (Å²) in [6.45, 7) is 0. The van der Waals surface area contributed by atoms with Gasteiger partial charge in [0.25, 0.3) is 16.9 Å². The summed E-state index contributed by atoms with van der Waals surface area (Å²) in [5.41, 5.74) is 0.538. The fourth-order valence-corrected chi connectivity index (χ4v) is 3.05. The quantitative estimate of drug-likeness (QED) is 0.386. The number of hydrogen-bond acceptors (Lipinski definition) is 6. The Kier molecular flexibility index (Phi) is 4.32.